The molecule has 0 aliphatic carbocycles. The quantitative estimate of drug-likeness (QED) is 0.592. The first-order chi connectivity index (χ1) is 11.6. The molecular weight excluding hydrogens is 298 g/mol. The lowest BCUT2D eigenvalue weighted by molar-refractivity contribution is 0.267. The Morgan fingerprint density at radius 2 is 2.00 bits per heavy atom. The van der Waals surface area contributed by atoms with Gasteiger partial charge in [-0.15, -0.1) is 0 Å². The van der Waals surface area contributed by atoms with Crippen LogP contribution < -0.4 is 10.6 Å². The van der Waals surface area contributed by atoms with Crippen molar-refractivity contribution in [2.45, 2.75) is 38.9 Å². The first-order valence-electron chi connectivity index (χ1n) is 9.04. The summed E-state index contributed by atoms with van der Waals surface area (Å²) < 4.78 is 0. The molecule has 1 aromatic rings. The van der Waals surface area contributed by atoms with Crippen LogP contribution in [0.25, 0.3) is 0 Å². The Labute approximate surface area is 147 Å². The molecule has 1 saturated heterocycles. The van der Waals surface area contributed by atoms with Crippen molar-refractivity contribution in [3.8, 4) is 0 Å². The van der Waals surface area contributed by atoms with Crippen LogP contribution in [0.1, 0.15) is 30.9 Å². The van der Waals surface area contributed by atoms with Crippen LogP contribution in [0.15, 0.2) is 29.3 Å². The van der Waals surface area contributed by atoms with E-state index in [1.54, 1.807) is 0 Å². The highest BCUT2D eigenvalue weighted by Crippen LogP contribution is 2.15. The average molecular weight is 332 g/mol. The lowest BCUT2D eigenvalue weighted by atomic mass is 10.1. The predicted molar refractivity (Wildman–Crippen MR) is 102 cm³/mol. The van der Waals surface area contributed by atoms with Crippen molar-refractivity contribution in [1.82, 2.24) is 20.4 Å². The molecule has 1 atom stereocenters. The van der Waals surface area contributed by atoms with Gasteiger partial charge >= 0.3 is 0 Å². The van der Waals surface area contributed by atoms with Crippen molar-refractivity contribution in [2.24, 2.45) is 4.99 Å². The van der Waals surface area contributed by atoms with Gasteiger partial charge < -0.3 is 15.5 Å². The number of benzene rings is 1. The molecule has 134 valence electrons. The first kappa shape index (κ1) is 18.7. The number of hydrogen-bond acceptors (Lipinski definition) is 3. The summed E-state index contributed by atoms with van der Waals surface area (Å²) in [5.74, 6) is 0.887. The fraction of sp³-hybridized carbons (Fsp3) is 0.632. The second-order valence-corrected chi connectivity index (χ2v) is 6.74. The Bertz CT molecular complexity index is 526. The Morgan fingerprint density at radius 3 is 2.67 bits per heavy atom. The molecule has 1 aliphatic rings. The van der Waals surface area contributed by atoms with Crippen molar-refractivity contribution in [3.63, 3.8) is 0 Å². The van der Waals surface area contributed by atoms with Gasteiger partial charge in [0, 0.05) is 32.7 Å². The molecule has 5 heteroatoms. The summed E-state index contributed by atoms with van der Waals surface area (Å²) in [6, 6.07) is 9.23. The van der Waals surface area contributed by atoms with Gasteiger partial charge in [0.15, 0.2) is 5.96 Å². The zero-order chi connectivity index (χ0) is 17.4. The molecule has 1 aliphatic heterocycles. The summed E-state index contributed by atoms with van der Waals surface area (Å²) in [5.41, 5.74) is 2.68. The minimum absolute atomic E-state index is 0.634. The van der Waals surface area contributed by atoms with Crippen LogP contribution in [0.3, 0.4) is 0 Å². The van der Waals surface area contributed by atoms with Crippen LogP contribution in [-0.4, -0.2) is 62.6 Å². The van der Waals surface area contributed by atoms with Crippen molar-refractivity contribution < 1.29 is 0 Å². The van der Waals surface area contributed by atoms with Crippen molar-refractivity contribution in [1.29, 1.82) is 0 Å². The third kappa shape index (κ3) is 5.49. The maximum atomic E-state index is 4.37. The van der Waals surface area contributed by atoms with Gasteiger partial charge in [-0.05, 0) is 51.2 Å². The van der Waals surface area contributed by atoms with Crippen LogP contribution in [0.2, 0.25) is 0 Å². The smallest absolute Gasteiger partial charge is 0.191 e. The van der Waals surface area contributed by atoms with Gasteiger partial charge in [-0.1, -0.05) is 31.2 Å². The number of likely N-dealkylation sites (N-methyl/N-ethyl adjacent to an activating group) is 1. The van der Waals surface area contributed by atoms with Gasteiger partial charge in [-0.3, -0.25) is 9.89 Å². The van der Waals surface area contributed by atoms with E-state index >= 15 is 0 Å². The first-order valence-corrected chi connectivity index (χ1v) is 9.04. The lowest BCUT2D eigenvalue weighted by Crippen LogP contribution is -2.44. The maximum Gasteiger partial charge on any atom is 0.191 e. The molecule has 24 heavy (non-hydrogen) atoms. The van der Waals surface area contributed by atoms with Gasteiger partial charge in [0.1, 0.15) is 0 Å². The van der Waals surface area contributed by atoms with Gasteiger partial charge in [0.05, 0.1) is 0 Å². The highest BCUT2D eigenvalue weighted by molar-refractivity contribution is 5.79. The van der Waals surface area contributed by atoms with Crippen LogP contribution in [0, 0.1) is 0 Å². The largest absolute Gasteiger partial charge is 0.355 e. The lowest BCUT2D eigenvalue weighted by Gasteiger charge is -2.24. The molecule has 0 amide bonds. The Hall–Kier alpha value is -1.59. The molecular formula is C19H33N5. The Kier molecular flexibility index (Phi) is 7.53. The summed E-state index contributed by atoms with van der Waals surface area (Å²) in [6.45, 7) is 7.33. The van der Waals surface area contributed by atoms with Gasteiger partial charge in [-0.2, -0.15) is 0 Å². The fourth-order valence-corrected chi connectivity index (χ4v) is 3.38. The van der Waals surface area contributed by atoms with E-state index in [1.165, 1.54) is 30.5 Å². The standard InChI is InChI=1S/C19H33N5/c1-5-24-12-8-11-18(24)14-22-19(20-2)21-13-16-9-6-7-10-17(16)15-23(3)4/h6-7,9-10,18H,5,8,11-15H2,1-4H3,(H2,20,21,22). The fourth-order valence-electron chi connectivity index (χ4n) is 3.38. The molecule has 0 bridgehead atoms. The molecule has 2 rings (SSSR count). The second kappa shape index (κ2) is 9.64. The number of nitrogens with one attached hydrogen (secondary N) is 2. The third-order valence-electron chi connectivity index (χ3n) is 4.69. The topological polar surface area (TPSA) is 42.9 Å². The minimum atomic E-state index is 0.634. The maximum absolute atomic E-state index is 4.37. The van der Waals surface area contributed by atoms with Crippen LogP contribution in [-0.2, 0) is 13.1 Å². The number of nitrogens with zero attached hydrogens (tertiary/aromatic N) is 3. The molecule has 1 heterocycles. The SMILES string of the molecule is CCN1CCCC1CNC(=NC)NCc1ccccc1CN(C)C. The number of guanidine groups is 1. The highest BCUT2D eigenvalue weighted by Gasteiger charge is 2.22. The van der Waals surface area contributed by atoms with Crippen molar-refractivity contribution in [2.75, 3.05) is 40.8 Å². The van der Waals surface area contributed by atoms with Crippen molar-refractivity contribution >= 4 is 5.96 Å². The van der Waals surface area contributed by atoms with Crippen LogP contribution in [0.5, 0.6) is 0 Å². The van der Waals surface area contributed by atoms with E-state index in [2.05, 4.69) is 70.7 Å². The van der Waals surface area contributed by atoms with E-state index in [1.807, 2.05) is 7.05 Å². The molecule has 0 radical (unpaired) electrons. The van der Waals surface area contributed by atoms with E-state index in [-0.39, 0.29) is 0 Å². The molecule has 2 N–H and O–H groups in total. The van der Waals surface area contributed by atoms with Crippen molar-refractivity contribution in [3.05, 3.63) is 35.4 Å². The molecule has 5 nitrogen and oxygen atoms in total. The third-order valence-corrected chi connectivity index (χ3v) is 4.69. The number of hydrogen-bond donors (Lipinski definition) is 2. The highest BCUT2D eigenvalue weighted by atomic mass is 15.2. The Balaban J connectivity index is 1.86. The van der Waals surface area contributed by atoms with Gasteiger partial charge in [-0.25, -0.2) is 0 Å². The van der Waals surface area contributed by atoms with Crippen LogP contribution in [0.4, 0.5) is 0 Å². The second-order valence-electron chi connectivity index (χ2n) is 6.74. The Morgan fingerprint density at radius 1 is 1.25 bits per heavy atom. The van der Waals surface area contributed by atoms with Gasteiger partial charge in [0.25, 0.3) is 0 Å². The summed E-state index contributed by atoms with van der Waals surface area (Å²) in [5, 5.41) is 6.95. The molecule has 1 aromatic carbocycles. The number of likely N-dealkylation sites (tertiary alicyclic amines) is 1. The monoisotopic (exact) mass is 331 g/mol. The van der Waals surface area contributed by atoms with E-state index in [0.29, 0.717) is 6.04 Å². The predicted octanol–water partition coefficient (Wildman–Crippen LogP) is 1.90. The molecule has 1 unspecified atom stereocenters. The van der Waals surface area contributed by atoms with E-state index < -0.39 is 0 Å². The summed E-state index contributed by atoms with van der Waals surface area (Å²) in [4.78, 5) is 9.12. The average Bonchev–Trinajstić information content (AvgIpc) is 3.03. The molecule has 0 spiro atoms. The molecule has 0 aromatic heterocycles. The van der Waals surface area contributed by atoms with Crippen LogP contribution >= 0.6 is 0 Å². The molecule has 1 fully saturated rings. The number of aliphatic imine (C=N–C) groups is 1. The van der Waals surface area contributed by atoms with E-state index in [9.17, 15) is 0 Å². The zero-order valence-corrected chi connectivity index (χ0v) is 15.7. The number of rotatable bonds is 7. The van der Waals surface area contributed by atoms with E-state index in [0.717, 1.165) is 32.1 Å². The summed E-state index contributed by atoms with van der Waals surface area (Å²) in [7, 11) is 6.05. The summed E-state index contributed by atoms with van der Waals surface area (Å²) in [6.07, 6.45) is 2.59. The summed E-state index contributed by atoms with van der Waals surface area (Å²) >= 11 is 0. The zero-order valence-electron chi connectivity index (χ0n) is 15.7. The van der Waals surface area contributed by atoms with Gasteiger partial charge in [0.2, 0.25) is 0 Å². The van der Waals surface area contributed by atoms with E-state index in [4.69, 9.17) is 0 Å². The minimum Gasteiger partial charge on any atom is -0.355 e. The normalized spacial score (nSPS) is 19.0. The molecule has 0 saturated carbocycles.